The summed E-state index contributed by atoms with van der Waals surface area (Å²) >= 11 is 0. The Morgan fingerprint density at radius 2 is 1.72 bits per heavy atom. The van der Waals surface area contributed by atoms with Crippen molar-refractivity contribution >= 4 is 10.9 Å². The summed E-state index contributed by atoms with van der Waals surface area (Å²) in [5, 5.41) is 0.802. The van der Waals surface area contributed by atoms with E-state index in [2.05, 4.69) is 54.1 Å². The van der Waals surface area contributed by atoms with Crippen molar-refractivity contribution in [2.45, 2.75) is 40.3 Å². The second kappa shape index (κ2) is 7.66. The largest absolute Gasteiger partial charge is 0.358 e. The molecular weight excluding hydrogens is 308 g/mol. The van der Waals surface area contributed by atoms with Gasteiger partial charge in [-0.1, -0.05) is 56.3 Å². The molecule has 0 fully saturated rings. The molecule has 0 saturated carbocycles. The third-order valence-corrected chi connectivity index (χ3v) is 4.89. The van der Waals surface area contributed by atoms with Crippen molar-refractivity contribution in [2.75, 3.05) is 6.54 Å². The molecule has 1 heterocycles. The molecule has 0 aliphatic rings. The zero-order valence-electron chi connectivity index (χ0n) is 15.3. The predicted molar refractivity (Wildman–Crippen MR) is 105 cm³/mol. The Balaban J connectivity index is 1.96. The molecule has 3 nitrogen and oxygen atoms in total. The summed E-state index contributed by atoms with van der Waals surface area (Å²) in [5.74, 6) is 0. The van der Waals surface area contributed by atoms with Crippen molar-refractivity contribution in [2.24, 2.45) is 0 Å². The number of nitrogens with zero attached hydrogens (tertiary/aromatic N) is 1. The van der Waals surface area contributed by atoms with Crippen molar-refractivity contribution in [1.82, 2.24) is 9.88 Å². The van der Waals surface area contributed by atoms with Gasteiger partial charge in [-0.25, -0.2) is 0 Å². The number of aromatic amines is 1. The lowest BCUT2D eigenvalue weighted by atomic mass is 10.0. The van der Waals surface area contributed by atoms with Gasteiger partial charge in [0.2, 0.25) is 0 Å². The van der Waals surface area contributed by atoms with Crippen LogP contribution < -0.4 is 5.43 Å². The van der Waals surface area contributed by atoms with Crippen LogP contribution >= 0.6 is 0 Å². The molecular formula is C22H26N2O. The summed E-state index contributed by atoms with van der Waals surface area (Å²) in [6, 6.07) is 16.4. The standard InChI is InChI=1S/C22H26N2O/c1-4-18-12-9-13-19-21(18)23-16(3)20(22(19)25)15-24(5-2)14-17-10-7-6-8-11-17/h6-13H,4-5,14-15H2,1-3H3,(H,23,25). The number of aryl methyl sites for hydroxylation is 2. The minimum Gasteiger partial charge on any atom is -0.358 e. The summed E-state index contributed by atoms with van der Waals surface area (Å²) in [6.07, 6.45) is 0.918. The van der Waals surface area contributed by atoms with Gasteiger partial charge in [0, 0.05) is 29.7 Å². The fourth-order valence-electron chi connectivity index (χ4n) is 3.36. The van der Waals surface area contributed by atoms with Gasteiger partial charge in [0.1, 0.15) is 0 Å². The van der Waals surface area contributed by atoms with Crippen LogP contribution in [0.1, 0.15) is 36.2 Å². The zero-order chi connectivity index (χ0) is 17.8. The van der Waals surface area contributed by atoms with Gasteiger partial charge in [-0.2, -0.15) is 0 Å². The smallest absolute Gasteiger partial charge is 0.194 e. The highest BCUT2D eigenvalue weighted by molar-refractivity contribution is 5.82. The van der Waals surface area contributed by atoms with Gasteiger partial charge in [-0.05, 0) is 37.1 Å². The molecule has 3 heteroatoms. The number of fused-ring (bicyclic) bond motifs is 1. The van der Waals surface area contributed by atoms with Gasteiger partial charge >= 0.3 is 0 Å². The van der Waals surface area contributed by atoms with Crippen LogP contribution in [-0.4, -0.2) is 16.4 Å². The predicted octanol–water partition coefficient (Wildman–Crippen LogP) is 4.42. The van der Waals surface area contributed by atoms with E-state index in [9.17, 15) is 4.79 Å². The maximum atomic E-state index is 13.1. The van der Waals surface area contributed by atoms with Crippen LogP contribution in [0.2, 0.25) is 0 Å². The quantitative estimate of drug-likeness (QED) is 0.724. The molecule has 0 amide bonds. The zero-order valence-corrected chi connectivity index (χ0v) is 15.3. The number of hydrogen-bond acceptors (Lipinski definition) is 2. The van der Waals surface area contributed by atoms with Crippen molar-refractivity contribution < 1.29 is 0 Å². The Hall–Kier alpha value is -2.39. The summed E-state index contributed by atoms with van der Waals surface area (Å²) in [6.45, 7) is 8.69. The first kappa shape index (κ1) is 17.4. The topological polar surface area (TPSA) is 36.1 Å². The molecule has 25 heavy (non-hydrogen) atoms. The second-order valence-electron chi connectivity index (χ2n) is 6.54. The van der Waals surface area contributed by atoms with Crippen LogP contribution in [0, 0.1) is 6.92 Å². The minimum atomic E-state index is 0.160. The van der Waals surface area contributed by atoms with Gasteiger partial charge in [0.05, 0.1) is 5.52 Å². The molecule has 1 aromatic heterocycles. The van der Waals surface area contributed by atoms with E-state index in [1.54, 1.807) is 0 Å². The van der Waals surface area contributed by atoms with Gasteiger partial charge in [0.25, 0.3) is 0 Å². The number of benzene rings is 2. The molecule has 0 atom stereocenters. The summed E-state index contributed by atoms with van der Waals surface area (Å²) in [4.78, 5) is 18.9. The Morgan fingerprint density at radius 1 is 0.960 bits per heavy atom. The van der Waals surface area contributed by atoms with Crippen molar-refractivity contribution in [3.05, 3.63) is 81.1 Å². The van der Waals surface area contributed by atoms with E-state index in [0.717, 1.165) is 41.7 Å². The van der Waals surface area contributed by atoms with Crippen LogP contribution in [0.3, 0.4) is 0 Å². The Morgan fingerprint density at radius 3 is 2.40 bits per heavy atom. The monoisotopic (exact) mass is 334 g/mol. The van der Waals surface area contributed by atoms with Gasteiger partial charge in [0.15, 0.2) is 5.43 Å². The first-order chi connectivity index (χ1) is 12.1. The van der Waals surface area contributed by atoms with Crippen molar-refractivity contribution in [3.63, 3.8) is 0 Å². The summed E-state index contributed by atoms with van der Waals surface area (Å²) in [7, 11) is 0. The molecule has 0 unspecified atom stereocenters. The third kappa shape index (κ3) is 3.67. The SMILES string of the molecule is CCc1cccc2c(=O)c(CN(CC)Cc3ccccc3)c(C)[nH]c12. The van der Waals surface area contributed by atoms with E-state index in [-0.39, 0.29) is 5.43 Å². The Labute approximate surface area is 149 Å². The highest BCUT2D eigenvalue weighted by Gasteiger charge is 2.14. The highest BCUT2D eigenvalue weighted by Crippen LogP contribution is 2.18. The van der Waals surface area contributed by atoms with E-state index in [1.165, 1.54) is 11.1 Å². The molecule has 3 aromatic rings. The fourth-order valence-corrected chi connectivity index (χ4v) is 3.36. The van der Waals surface area contributed by atoms with E-state index < -0.39 is 0 Å². The molecule has 2 aromatic carbocycles. The minimum absolute atomic E-state index is 0.160. The van der Waals surface area contributed by atoms with Crippen LogP contribution in [0.4, 0.5) is 0 Å². The molecule has 3 rings (SSSR count). The lowest BCUT2D eigenvalue weighted by molar-refractivity contribution is 0.270. The average Bonchev–Trinajstić information content (AvgIpc) is 2.64. The number of pyridine rings is 1. The number of para-hydroxylation sites is 1. The van der Waals surface area contributed by atoms with Crippen LogP contribution in [-0.2, 0) is 19.5 Å². The van der Waals surface area contributed by atoms with Crippen molar-refractivity contribution in [3.8, 4) is 0 Å². The molecule has 0 spiro atoms. The molecule has 130 valence electrons. The third-order valence-electron chi connectivity index (χ3n) is 4.89. The highest BCUT2D eigenvalue weighted by atomic mass is 16.1. The Bertz CT molecular complexity index is 912. The lowest BCUT2D eigenvalue weighted by Crippen LogP contribution is -2.27. The van der Waals surface area contributed by atoms with Crippen LogP contribution in [0.15, 0.2) is 53.3 Å². The van der Waals surface area contributed by atoms with Gasteiger partial charge in [-0.15, -0.1) is 0 Å². The summed E-state index contributed by atoms with van der Waals surface area (Å²) in [5.41, 5.74) is 5.47. The van der Waals surface area contributed by atoms with Gasteiger partial charge in [-0.3, -0.25) is 9.69 Å². The number of rotatable bonds is 6. The van der Waals surface area contributed by atoms with Crippen LogP contribution in [0.25, 0.3) is 10.9 Å². The summed E-state index contributed by atoms with van der Waals surface area (Å²) < 4.78 is 0. The first-order valence-corrected chi connectivity index (χ1v) is 9.03. The lowest BCUT2D eigenvalue weighted by Gasteiger charge is -2.21. The normalized spacial score (nSPS) is 11.4. The van der Waals surface area contributed by atoms with Gasteiger partial charge < -0.3 is 4.98 Å². The number of hydrogen-bond donors (Lipinski definition) is 1. The molecule has 0 bridgehead atoms. The van der Waals surface area contributed by atoms with E-state index >= 15 is 0 Å². The van der Waals surface area contributed by atoms with E-state index in [1.807, 2.05) is 25.1 Å². The van der Waals surface area contributed by atoms with Crippen molar-refractivity contribution in [1.29, 1.82) is 0 Å². The van der Waals surface area contributed by atoms with Crippen LogP contribution in [0.5, 0.6) is 0 Å². The fraction of sp³-hybridized carbons (Fsp3) is 0.318. The van der Waals surface area contributed by atoms with E-state index in [0.29, 0.717) is 6.54 Å². The molecule has 0 aliphatic heterocycles. The molecule has 0 radical (unpaired) electrons. The average molecular weight is 334 g/mol. The first-order valence-electron chi connectivity index (χ1n) is 9.03. The number of nitrogens with one attached hydrogen (secondary N) is 1. The maximum Gasteiger partial charge on any atom is 0.194 e. The maximum absolute atomic E-state index is 13.1. The molecule has 1 N–H and O–H groups in total. The second-order valence-corrected chi connectivity index (χ2v) is 6.54. The van der Waals surface area contributed by atoms with E-state index in [4.69, 9.17) is 0 Å². The number of H-pyrrole nitrogens is 1. The number of aromatic nitrogens is 1. The Kier molecular flexibility index (Phi) is 5.34. The molecule has 0 aliphatic carbocycles. The molecule has 0 saturated heterocycles.